The number of carbonyl (C=O) groups is 1. The van der Waals surface area contributed by atoms with Crippen molar-refractivity contribution in [1.29, 1.82) is 0 Å². The summed E-state index contributed by atoms with van der Waals surface area (Å²) in [4.78, 5) is 13.1. The Labute approximate surface area is 241 Å². The summed E-state index contributed by atoms with van der Waals surface area (Å²) in [6, 6.07) is 11.8. The van der Waals surface area contributed by atoms with E-state index in [1.807, 2.05) is 50.2 Å². The van der Waals surface area contributed by atoms with Crippen LogP contribution in [0, 0.1) is 20.8 Å². The zero-order valence-corrected chi connectivity index (χ0v) is 27.2. The minimum absolute atomic E-state index is 0.129. The zero-order chi connectivity index (χ0) is 29.8. The summed E-state index contributed by atoms with van der Waals surface area (Å²) in [5.74, 6) is 0.805. The SMILES string of the molecule is COc1ccc2cc(C(C)(C(=O)O)c3c(C)c(C)c4c(c3C)CCC(C)(CO[Si](C)(C)C(C)(C)C)O4)ccc2c1. The second-order valence-electron chi connectivity index (χ2n) is 13.5. The van der Waals surface area contributed by atoms with Crippen LogP contribution in [0.25, 0.3) is 10.8 Å². The molecule has 0 amide bonds. The van der Waals surface area contributed by atoms with E-state index in [1.54, 1.807) is 7.11 Å². The Morgan fingerprint density at radius 3 is 2.23 bits per heavy atom. The molecule has 2 unspecified atom stereocenters. The summed E-state index contributed by atoms with van der Waals surface area (Å²) < 4.78 is 18.7. The average Bonchev–Trinajstić information content (AvgIpc) is 2.89. The minimum Gasteiger partial charge on any atom is -0.497 e. The Kier molecular flexibility index (Phi) is 7.70. The normalized spacial score (nSPS) is 19.1. The van der Waals surface area contributed by atoms with Gasteiger partial charge in [-0.2, -0.15) is 0 Å². The molecule has 3 aromatic rings. The highest BCUT2D eigenvalue weighted by atomic mass is 28.4. The van der Waals surface area contributed by atoms with E-state index >= 15 is 0 Å². The molecule has 0 bridgehead atoms. The Morgan fingerprint density at radius 2 is 1.62 bits per heavy atom. The first kappa shape index (κ1) is 30.1. The van der Waals surface area contributed by atoms with Crippen molar-refractivity contribution in [3.05, 3.63) is 69.8 Å². The van der Waals surface area contributed by atoms with Crippen molar-refractivity contribution in [3.63, 3.8) is 0 Å². The van der Waals surface area contributed by atoms with E-state index in [4.69, 9.17) is 13.9 Å². The summed E-state index contributed by atoms with van der Waals surface area (Å²) >= 11 is 0. The van der Waals surface area contributed by atoms with E-state index < -0.39 is 25.3 Å². The van der Waals surface area contributed by atoms with Crippen molar-refractivity contribution in [2.75, 3.05) is 13.7 Å². The third-order valence-electron chi connectivity index (χ3n) is 9.73. The first-order chi connectivity index (χ1) is 18.4. The van der Waals surface area contributed by atoms with Crippen LogP contribution in [-0.4, -0.2) is 38.7 Å². The van der Waals surface area contributed by atoms with Crippen molar-refractivity contribution >= 4 is 25.1 Å². The molecule has 0 spiro atoms. The van der Waals surface area contributed by atoms with Crippen LogP contribution < -0.4 is 9.47 Å². The zero-order valence-electron chi connectivity index (χ0n) is 26.2. The van der Waals surface area contributed by atoms with Crippen molar-refractivity contribution < 1.29 is 23.8 Å². The van der Waals surface area contributed by atoms with Gasteiger partial charge in [0.25, 0.3) is 0 Å². The number of methoxy groups -OCH3 is 1. The van der Waals surface area contributed by atoms with E-state index in [2.05, 4.69) is 54.6 Å². The summed E-state index contributed by atoms with van der Waals surface area (Å²) in [7, 11) is -0.277. The third-order valence-corrected chi connectivity index (χ3v) is 14.2. The number of hydrogen-bond acceptors (Lipinski definition) is 4. The lowest BCUT2D eigenvalue weighted by Crippen LogP contribution is -2.48. The molecule has 1 N–H and O–H groups in total. The number of rotatable bonds is 7. The van der Waals surface area contributed by atoms with Crippen LogP contribution in [0.3, 0.4) is 0 Å². The van der Waals surface area contributed by atoms with Crippen LogP contribution in [0.1, 0.15) is 74.4 Å². The smallest absolute Gasteiger partial charge is 0.318 e. The second kappa shape index (κ2) is 10.2. The van der Waals surface area contributed by atoms with E-state index in [0.717, 1.165) is 68.5 Å². The number of aliphatic carboxylic acids is 1. The monoisotopic (exact) mass is 562 g/mol. The summed E-state index contributed by atoms with van der Waals surface area (Å²) in [5.41, 5.74) is 4.04. The molecule has 1 aliphatic heterocycles. The lowest BCUT2D eigenvalue weighted by molar-refractivity contribution is -0.141. The van der Waals surface area contributed by atoms with Gasteiger partial charge in [-0.3, -0.25) is 4.79 Å². The molecule has 0 aromatic heterocycles. The first-order valence-corrected chi connectivity index (χ1v) is 17.1. The molecule has 0 saturated heterocycles. The largest absolute Gasteiger partial charge is 0.497 e. The van der Waals surface area contributed by atoms with Gasteiger partial charge < -0.3 is 19.0 Å². The number of benzene rings is 3. The molecule has 0 fully saturated rings. The van der Waals surface area contributed by atoms with Crippen molar-refractivity contribution in [1.82, 2.24) is 0 Å². The van der Waals surface area contributed by atoms with E-state index in [-0.39, 0.29) is 5.04 Å². The lowest BCUT2D eigenvalue weighted by atomic mass is 9.70. The Hall–Kier alpha value is -2.83. The van der Waals surface area contributed by atoms with E-state index in [1.165, 1.54) is 0 Å². The number of hydrogen-bond donors (Lipinski definition) is 1. The molecule has 1 heterocycles. The maximum Gasteiger partial charge on any atom is 0.318 e. The van der Waals surface area contributed by atoms with Crippen molar-refractivity contribution in [2.45, 2.75) is 97.4 Å². The van der Waals surface area contributed by atoms with Gasteiger partial charge in [0.1, 0.15) is 22.5 Å². The third kappa shape index (κ3) is 5.05. The molecule has 6 heteroatoms. The van der Waals surface area contributed by atoms with E-state index in [9.17, 15) is 9.90 Å². The molecule has 1 aliphatic rings. The molecule has 0 aliphatic carbocycles. The highest BCUT2D eigenvalue weighted by Crippen LogP contribution is 2.47. The van der Waals surface area contributed by atoms with Crippen LogP contribution in [0.2, 0.25) is 18.1 Å². The quantitative estimate of drug-likeness (QED) is 0.294. The molecule has 40 heavy (non-hydrogen) atoms. The molecule has 0 radical (unpaired) electrons. The van der Waals surface area contributed by atoms with Crippen LogP contribution in [0.15, 0.2) is 36.4 Å². The van der Waals surface area contributed by atoms with Crippen molar-refractivity contribution in [2.24, 2.45) is 0 Å². The fourth-order valence-electron chi connectivity index (χ4n) is 5.75. The van der Waals surface area contributed by atoms with Crippen LogP contribution in [0.5, 0.6) is 11.5 Å². The van der Waals surface area contributed by atoms with Gasteiger partial charge in [-0.15, -0.1) is 0 Å². The van der Waals surface area contributed by atoms with Gasteiger partial charge in [-0.25, -0.2) is 0 Å². The van der Waals surface area contributed by atoms with Crippen LogP contribution in [-0.2, 0) is 21.1 Å². The predicted molar refractivity (Wildman–Crippen MR) is 166 cm³/mol. The highest BCUT2D eigenvalue weighted by Gasteiger charge is 2.44. The topological polar surface area (TPSA) is 65.0 Å². The molecule has 5 nitrogen and oxygen atoms in total. The molecule has 4 rings (SSSR count). The summed E-state index contributed by atoms with van der Waals surface area (Å²) in [5, 5.41) is 12.9. The molecule has 3 aromatic carbocycles. The van der Waals surface area contributed by atoms with Crippen LogP contribution >= 0.6 is 0 Å². The van der Waals surface area contributed by atoms with E-state index in [0.29, 0.717) is 6.61 Å². The first-order valence-electron chi connectivity index (χ1n) is 14.2. The van der Waals surface area contributed by atoms with Gasteiger partial charge in [0.2, 0.25) is 0 Å². The van der Waals surface area contributed by atoms with Gasteiger partial charge in [-0.1, -0.05) is 39.0 Å². The molecule has 0 saturated carbocycles. The number of ether oxygens (including phenoxy) is 2. The summed E-state index contributed by atoms with van der Waals surface area (Å²) in [6.07, 6.45) is 1.64. The van der Waals surface area contributed by atoms with Crippen LogP contribution in [0.4, 0.5) is 0 Å². The molecular formula is C34H46O5Si. The minimum atomic E-state index is -1.92. The Morgan fingerprint density at radius 1 is 1.00 bits per heavy atom. The average molecular weight is 563 g/mol. The maximum absolute atomic E-state index is 13.1. The van der Waals surface area contributed by atoms with Crippen molar-refractivity contribution in [3.8, 4) is 11.5 Å². The van der Waals surface area contributed by atoms with Gasteiger partial charge in [-0.05, 0) is 128 Å². The molecule has 2 atom stereocenters. The standard InChI is InChI=1S/C34H46O5Si/c1-21-22(2)30-28(16-17-33(7,39-30)20-38-40(10,11)32(4,5)6)23(3)29(21)34(8,31(35)36)26-14-12-25-19-27(37-9)15-13-24(25)18-26/h12-15,18-19H,16-17,20H2,1-11H3,(H,35,36). The van der Waals surface area contributed by atoms with Gasteiger partial charge in [0.15, 0.2) is 8.32 Å². The predicted octanol–water partition coefficient (Wildman–Crippen LogP) is 8.27. The number of fused-ring (bicyclic) bond motifs is 2. The number of carboxylic acids is 1. The lowest BCUT2D eigenvalue weighted by Gasteiger charge is -2.43. The summed E-state index contributed by atoms with van der Waals surface area (Å²) in [6.45, 7) is 22.0. The highest BCUT2D eigenvalue weighted by molar-refractivity contribution is 6.74. The van der Waals surface area contributed by atoms with Gasteiger partial charge >= 0.3 is 5.97 Å². The van der Waals surface area contributed by atoms with Gasteiger partial charge in [0.05, 0.1) is 13.7 Å². The van der Waals surface area contributed by atoms with Gasteiger partial charge in [0, 0.05) is 0 Å². The fourth-order valence-corrected chi connectivity index (χ4v) is 6.85. The Bertz CT molecular complexity index is 1470. The molecular weight excluding hydrogens is 516 g/mol. The molecule has 216 valence electrons. The second-order valence-corrected chi connectivity index (χ2v) is 18.3. The fraction of sp³-hybridized carbons (Fsp3) is 0.500. The Balaban J connectivity index is 1.78. The number of carboxylic acid groups (broad SMARTS) is 1. The maximum atomic E-state index is 13.1.